The van der Waals surface area contributed by atoms with Gasteiger partial charge in [-0.25, -0.2) is 4.39 Å². The summed E-state index contributed by atoms with van der Waals surface area (Å²) in [5.41, 5.74) is 0.795. The van der Waals surface area contributed by atoms with Crippen molar-refractivity contribution in [2.24, 2.45) is 5.41 Å². The van der Waals surface area contributed by atoms with Gasteiger partial charge in [-0.3, -0.25) is 4.79 Å². The van der Waals surface area contributed by atoms with E-state index in [1.807, 2.05) is 4.90 Å². The molecule has 4 rings (SSSR count). The molecule has 2 saturated heterocycles. The number of nitrogens with zero attached hydrogens (tertiary/aromatic N) is 5. The van der Waals surface area contributed by atoms with Gasteiger partial charge >= 0.3 is 0 Å². The first-order valence-corrected chi connectivity index (χ1v) is 8.53. The van der Waals surface area contributed by atoms with Crippen molar-refractivity contribution in [3.63, 3.8) is 0 Å². The highest BCUT2D eigenvalue weighted by Crippen LogP contribution is 2.37. The van der Waals surface area contributed by atoms with Gasteiger partial charge in [0.25, 0.3) is 0 Å². The number of tetrazole rings is 1. The van der Waals surface area contributed by atoms with E-state index in [1.165, 1.54) is 16.9 Å². The molecular weight excluding hydrogens is 325 g/mol. The smallest absolute Gasteiger partial charge is 0.246 e. The fraction of sp³-hybridized carbons (Fsp3) is 0.529. The fourth-order valence-corrected chi connectivity index (χ4v) is 3.64. The van der Waals surface area contributed by atoms with Crippen molar-refractivity contribution in [3.05, 3.63) is 30.1 Å². The summed E-state index contributed by atoms with van der Waals surface area (Å²) in [4.78, 5) is 15.8. The molecule has 8 heteroatoms. The summed E-state index contributed by atoms with van der Waals surface area (Å²) >= 11 is 0. The zero-order valence-corrected chi connectivity index (χ0v) is 13.9. The molecule has 2 fully saturated rings. The Bertz CT molecular complexity index is 755. The van der Waals surface area contributed by atoms with E-state index in [0.29, 0.717) is 11.4 Å². The molecule has 25 heavy (non-hydrogen) atoms. The van der Waals surface area contributed by atoms with E-state index in [9.17, 15) is 9.18 Å². The molecule has 2 aliphatic rings. The molecule has 1 atom stereocenters. The number of ether oxygens (including phenoxy) is 1. The number of carbonyl (C=O) groups excluding carboxylic acids is 1. The van der Waals surface area contributed by atoms with E-state index in [0.717, 1.165) is 45.6 Å². The summed E-state index contributed by atoms with van der Waals surface area (Å²) in [5.74, 6) is 0.0578. The van der Waals surface area contributed by atoms with Gasteiger partial charge in [-0.05, 0) is 48.7 Å². The molecule has 1 unspecified atom stereocenters. The lowest BCUT2D eigenvalue weighted by atomic mass is 9.79. The maximum Gasteiger partial charge on any atom is 0.246 e. The van der Waals surface area contributed by atoms with E-state index >= 15 is 0 Å². The molecule has 1 spiro atoms. The van der Waals surface area contributed by atoms with E-state index in [1.54, 1.807) is 12.1 Å². The summed E-state index contributed by atoms with van der Waals surface area (Å²) in [7, 11) is 0. The van der Waals surface area contributed by atoms with Gasteiger partial charge in [0, 0.05) is 30.7 Å². The van der Waals surface area contributed by atoms with Crippen molar-refractivity contribution in [1.29, 1.82) is 0 Å². The molecule has 2 aromatic rings. The number of hydrogen-bond acceptors (Lipinski definition) is 5. The Hall–Kier alpha value is -2.35. The van der Waals surface area contributed by atoms with Crippen LogP contribution in [0.2, 0.25) is 0 Å². The third-order valence-electron chi connectivity index (χ3n) is 5.03. The van der Waals surface area contributed by atoms with Gasteiger partial charge in [0.15, 0.2) is 0 Å². The Balaban J connectivity index is 1.42. The molecule has 0 saturated carbocycles. The summed E-state index contributed by atoms with van der Waals surface area (Å²) in [6.07, 6.45) is 3.14. The maximum absolute atomic E-state index is 13.0. The van der Waals surface area contributed by atoms with Crippen LogP contribution in [0.1, 0.15) is 19.3 Å². The predicted molar refractivity (Wildman–Crippen MR) is 86.9 cm³/mol. The fourth-order valence-electron chi connectivity index (χ4n) is 3.64. The SMILES string of the molecule is O=C(Cn1nnc(-c2ccc(F)cc2)n1)N1CCCC2(CCOC2)C1. The van der Waals surface area contributed by atoms with Gasteiger partial charge in [-0.2, -0.15) is 4.80 Å². The minimum atomic E-state index is -0.318. The molecule has 3 heterocycles. The number of rotatable bonds is 3. The molecule has 1 amide bonds. The highest BCUT2D eigenvalue weighted by molar-refractivity contribution is 5.76. The van der Waals surface area contributed by atoms with Crippen LogP contribution in [0.25, 0.3) is 11.4 Å². The first-order chi connectivity index (χ1) is 12.1. The molecular formula is C17H20FN5O2. The Labute approximate surface area is 144 Å². The van der Waals surface area contributed by atoms with Crippen molar-refractivity contribution in [1.82, 2.24) is 25.1 Å². The van der Waals surface area contributed by atoms with Gasteiger partial charge in [0.05, 0.1) is 6.61 Å². The van der Waals surface area contributed by atoms with Crippen molar-refractivity contribution in [2.75, 3.05) is 26.3 Å². The van der Waals surface area contributed by atoms with Gasteiger partial charge in [-0.1, -0.05) is 0 Å². The standard InChI is InChI=1S/C17H20FN5O2/c18-14-4-2-13(3-5-14)16-19-21-23(20-16)10-15(24)22-8-1-6-17(11-22)7-9-25-12-17/h2-5H,1,6-12H2. The molecule has 0 N–H and O–H groups in total. The summed E-state index contributed by atoms with van der Waals surface area (Å²) in [6.45, 7) is 3.09. The second-order valence-corrected chi connectivity index (χ2v) is 6.87. The minimum Gasteiger partial charge on any atom is -0.381 e. The summed E-state index contributed by atoms with van der Waals surface area (Å²) < 4.78 is 18.5. The van der Waals surface area contributed by atoms with Crippen LogP contribution in [0.5, 0.6) is 0 Å². The number of piperidine rings is 1. The van der Waals surface area contributed by atoms with Crippen LogP contribution in [0.15, 0.2) is 24.3 Å². The number of benzene rings is 1. The third-order valence-corrected chi connectivity index (χ3v) is 5.03. The van der Waals surface area contributed by atoms with Crippen molar-refractivity contribution in [2.45, 2.75) is 25.8 Å². The molecule has 0 aliphatic carbocycles. The number of likely N-dealkylation sites (tertiary alicyclic amines) is 1. The Morgan fingerprint density at radius 1 is 1.28 bits per heavy atom. The number of hydrogen-bond donors (Lipinski definition) is 0. The van der Waals surface area contributed by atoms with Crippen LogP contribution in [0, 0.1) is 11.2 Å². The zero-order chi connectivity index (χ0) is 17.3. The molecule has 2 aliphatic heterocycles. The second-order valence-electron chi connectivity index (χ2n) is 6.87. The quantitative estimate of drug-likeness (QED) is 0.843. The van der Waals surface area contributed by atoms with Crippen molar-refractivity contribution in [3.8, 4) is 11.4 Å². The average molecular weight is 345 g/mol. The first-order valence-electron chi connectivity index (χ1n) is 8.53. The van der Waals surface area contributed by atoms with Crippen molar-refractivity contribution < 1.29 is 13.9 Å². The zero-order valence-electron chi connectivity index (χ0n) is 13.9. The highest BCUT2D eigenvalue weighted by Gasteiger charge is 2.40. The molecule has 132 valence electrons. The van der Waals surface area contributed by atoms with Gasteiger partial charge in [0.1, 0.15) is 12.4 Å². The van der Waals surface area contributed by atoms with E-state index < -0.39 is 0 Å². The summed E-state index contributed by atoms with van der Waals surface area (Å²) in [5, 5.41) is 12.1. The largest absolute Gasteiger partial charge is 0.381 e. The highest BCUT2D eigenvalue weighted by atomic mass is 19.1. The molecule has 1 aromatic carbocycles. The average Bonchev–Trinajstić information content (AvgIpc) is 3.26. The lowest BCUT2D eigenvalue weighted by Crippen LogP contribution is -2.47. The number of halogens is 1. The van der Waals surface area contributed by atoms with E-state index in [4.69, 9.17) is 4.74 Å². The number of carbonyl (C=O) groups is 1. The Morgan fingerprint density at radius 3 is 2.88 bits per heavy atom. The Kier molecular flexibility index (Phi) is 4.20. The number of amides is 1. The van der Waals surface area contributed by atoms with E-state index in [-0.39, 0.29) is 23.7 Å². The monoisotopic (exact) mass is 345 g/mol. The second kappa shape index (κ2) is 6.51. The predicted octanol–water partition coefficient (Wildman–Crippen LogP) is 1.51. The summed E-state index contributed by atoms with van der Waals surface area (Å²) in [6, 6.07) is 5.87. The first kappa shape index (κ1) is 16.1. The topological polar surface area (TPSA) is 73.1 Å². The van der Waals surface area contributed by atoms with Gasteiger partial charge in [-0.15, -0.1) is 10.2 Å². The normalized spacial score (nSPS) is 23.3. The molecule has 0 bridgehead atoms. The Morgan fingerprint density at radius 2 is 2.12 bits per heavy atom. The molecule has 7 nitrogen and oxygen atoms in total. The van der Waals surface area contributed by atoms with Crippen LogP contribution < -0.4 is 0 Å². The van der Waals surface area contributed by atoms with Crippen LogP contribution >= 0.6 is 0 Å². The van der Waals surface area contributed by atoms with Crippen LogP contribution in [-0.2, 0) is 16.1 Å². The molecule has 0 radical (unpaired) electrons. The lowest BCUT2D eigenvalue weighted by molar-refractivity contribution is -0.135. The third kappa shape index (κ3) is 3.39. The number of aromatic nitrogens is 4. The van der Waals surface area contributed by atoms with Crippen LogP contribution in [-0.4, -0.2) is 57.3 Å². The minimum absolute atomic E-state index is 0.00553. The van der Waals surface area contributed by atoms with E-state index in [2.05, 4.69) is 15.4 Å². The van der Waals surface area contributed by atoms with Crippen LogP contribution in [0.4, 0.5) is 4.39 Å². The lowest BCUT2D eigenvalue weighted by Gasteiger charge is -2.39. The maximum atomic E-state index is 13.0. The van der Waals surface area contributed by atoms with Crippen LogP contribution in [0.3, 0.4) is 0 Å². The molecule has 1 aromatic heterocycles. The van der Waals surface area contributed by atoms with Gasteiger partial charge < -0.3 is 9.64 Å². The van der Waals surface area contributed by atoms with Crippen molar-refractivity contribution >= 4 is 5.91 Å². The van der Waals surface area contributed by atoms with Gasteiger partial charge in [0.2, 0.25) is 11.7 Å².